The first-order chi connectivity index (χ1) is 13.2. The topological polar surface area (TPSA) is 69.0 Å². The summed E-state index contributed by atoms with van der Waals surface area (Å²) in [5, 5.41) is 2.98. The highest BCUT2D eigenvalue weighted by Gasteiger charge is 2.16. The van der Waals surface area contributed by atoms with E-state index in [1.807, 2.05) is 16.7 Å². The van der Waals surface area contributed by atoms with Gasteiger partial charge in [-0.05, 0) is 48.5 Å². The van der Waals surface area contributed by atoms with Crippen LogP contribution in [0, 0.1) is 5.82 Å². The number of benzene rings is 2. The lowest BCUT2D eigenvalue weighted by atomic mass is 10.2. The van der Waals surface area contributed by atoms with E-state index in [9.17, 15) is 9.18 Å². The molecule has 0 fully saturated rings. The maximum absolute atomic E-state index is 13.4. The number of pyridine rings is 1. The number of halogens is 1. The third-order valence-electron chi connectivity index (χ3n) is 4.19. The van der Waals surface area contributed by atoms with Crippen LogP contribution in [0.2, 0.25) is 0 Å². The average molecular weight is 362 g/mol. The van der Waals surface area contributed by atoms with Gasteiger partial charge in [0.1, 0.15) is 17.2 Å². The van der Waals surface area contributed by atoms with Crippen molar-refractivity contribution < 1.29 is 13.9 Å². The molecule has 6 nitrogen and oxygen atoms in total. The summed E-state index contributed by atoms with van der Waals surface area (Å²) in [6, 6.07) is 15.2. The van der Waals surface area contributed by atoms with Gasteiger partial charge in [-0.1, -0.05) is 0 Å². The Morgan fingerprint density at radius 2 is 1.96 bits per heavy atom. The summed E-state index contributed by atoms with van der Waals surface area (Å²) in [7, 11) is 1.74. The number of fused-ring (bicyclic) bond motifs is 1. The molecule has 4 rings (SSSR count). The molecule has 0 aliphatic heterocycles. The molecular formula is C20H15FN4O2. The first-order valence-corrected chi connectivity index (χ1v) is 8.23. The minimum atomic E-state index is -0.320. The van der Waals surface area contributed by atoms with Gasteiger partial charge in [-0.25, -0.2) is 14.4 Å². The first-order valence-electron chi connectivity index (χ1n) is 8.23. The Morgan fingerprint density at radius 3 is 2.70 bits per heavy atom. The van der Waals surface area contributed by atoms with E-state index >= 15 is 0 Å². The quantitative estimate of drug-likeness (QED) is 0.547. The minimum absolute atomic E-state index is 0.320. The van der Waals surface area contributed by atoms with E-state index in [4.69, 9.17) is 4.74 Å². The second kappa shape index (κ2) is 6.87. The van der Waals surface area contributed by atoms with E-state index < -0.39 is 0 Å². The third kappa shape index (κ3) is 2.99. The molecule has 0 bridgehead atoms. The number of hydrogen-bond acceptors (Lipinski definition) is 5. The molecule has 0 atom stereocenters. The molecular weight excluding hydrogens is 347 g/mol. The van der Waals surface area contributed by atoms with Crippen LogP contribution in [-0.4, -0.2) is 28.1 Å². The second-order valence-corrected chi connectivity index (χ2v) is 5.77. The van der Waals surface area contributed by atoms with Crippen LogP contribution in [0.5, 0.6) is 5.75 Å². The van der Waals surface area contributed by atoms with Crippen LogP contribution in [0.1, 0.15) is 0 Å². The predicted molar refractivity (Wildman–Crippen MR) is 100 cm³/mol. The number of ether oxygens (including phenoxy) is 1. The molecule has 0 saturated heterocycles. The third-order valence-corrected chi connectivity index (χ3v) is 4.19. The predicted octanol–water partition coefficient (Wildman–Crippen LogP) is 3.80. The number of carbonyl (C=O) groups is 1. The van der Waals surface area contributed by atoms with E-state index in [0.29, 0.717) is 40.6 Å². The lowest BCUT2D eigenvalue weighted by Crippen LogP contribution is -2.02. The number of hydrogen-bond donors (Lipinski definition) is 1. The van der Waals surface area contributed by atoms with Crippen molar-refractivity contribution >= 4 is 23.3 Å². The van der Waals surface area contributed by atoms with Gasteiger partial charge in [-0.2, -0.15) is 0 Å². The second-order valence-electron chi connectivity index (χ2n) is 5.77. The van der Waals surface area contributed by atoms with Gasteiger partial charge >= 0.3 is 0 Å². The van der Waals surface area contributed by atoms with E-state index in [-0.39, 0.29) is 5.82 Å². The summed E-state index contributed by atoms with van der Waals surface area (Å²) in [4.78, 5) is 20.0. The molecule has 0 radical (unpaired) electrons. The number of nitrogens with one attached hydrogen (secondary N) is 1. The molecule has 0 amide bonds. The zero-order valence-corrected chi connectivity index (χ0v) is 14.4. The Kier molecular flexibility index (Phi) is 4.25. The van der Waals surface area contributed by atoms with Gasteiger partial charge in [0.2, 0.25) is 0 Å². The Morgan fingerprint density at radius 1 is 1.15 bits per heavy atom. The van der Waals surface area contributed by atoms with Crippen molar-refractivity contribution in [3.8, 4) is 22.8 Å². The van der Waals surface area contributed by atoms with Gasteiger partial charge in [-0.3, -0.25) is 9.36 Å². The molecule has 0 saturated carbocycles. The zero-order chi connectivity index (χ0) is 18.8. The van der Waals surface area contributed by atoms with Gasteiger partial charge in [0, 0.05) is 24.9 Å². The molecule has 7 heteroatoms. The molecule has 1 N–H and O–H groups in total. The average Bonchev–Trinajstić information content (AvgIpc) is 3.08. The highest BCUT2D eigenvalue weighted by atomic mass is 19.1. The fourth-order valence-corrected chi connectivity index (χ4v) is 2.96. The number of anilines is 1. The number of rotatable bonds is 5. The molecule has 4 aromatic rings. The summed E-state index contributed by atoms with van der Waals surface area (Å²) < 4.78 is 20.3. The van der Waals surface area contributed by atoms with Gasteiger partial charge in [0.25, 0.3) is 6.47 Å². The van der Waals surface area contributed by atoms with Gasteiger partial charge in [-0.15, -0.1) is 0 Å². The standard InChI is InChI=1S/C20H15FN4O2/c1-22-16-9-8-15(11-18(16)27-12-26)25-19(13-4-6-14(21)7-5-13)24-17-3-2-10-23-20(17)25/h2-12,22H,1H3. The molecule has 2 heterocycles. The van der Waals surface area contributed by atoms with Gasteiger partial charge < -0.3 is 10.1 Å². The van der Waals surface area contributed by atoms with Crippen LogP contribution in [-0.2, 0) is 4.79 Å². The highest BCUT2D eigenvalue weighted by molar-refractivity contribution is 5.80. The smallest absolute Gasteiger partial charge is 0.298 e. The maximum atomic E-state index is 13.4. The van der Waals surface area contributed by atoms with E-state index in [1.54, 1.807) is 43.6 Å². The Balaban J connectivity index is 1.98. The Labute approximate surface area is 154 Å². The fourth-order valence-electron chi connectivity index (χ4n) is 2.96. The summed E-state index contributed by atoms with van der Waals surface area (Å²) in [5.74, 6) is 0.672. The van der Waals surface area contributed by atoms with Crippen LogP contribution >= 0.6 is 0 Å². The zero-order valence-electron chi connectivity index (χ0n) is 14.4. The molecule has 0 aliphatic carbocycles. The molecule has 134 valence electrons. The fraction of sp³-hybridized carbons (Fsp3) is 0.0500. The van der Waals surface area contributed by atoms with Crippen LogP contribution in [0.4, 0.5) is 10.1 Å². The minimum Gasteiger partial charge on any atom is -0.426 e. The summed E-state index contributed by atoms with van der Waals surface area (Å²) >= 11 is 0. The lowest BCUT2D eigenvalue weighted by Gasteiger charge is -2.12. The molecule has 2 aromatic heterocycles. The SMILES string of the molecule is CNc1ccc(-n2c(-c3ccc(F)cc3)nc3cccnc32)cc1OC=O. The van der Waals surface area contributed by atoms with Crippen LogP contribution < -0.4 is 10.1 Å². The number of nitrogens with zero attached hydrogens (tertiary/aromatic N) is 3. The van der Waals surface area contributed by atoms with E-state index in [1.165, 1.54) is 12.1 Å². The van der Waals surface area contributed by atoms with Crippen molar-refractivity contribution in [2.75, 3.05) is 12.4 Å². The first kappa shape index (κ1) is 16.7. The number of aromatic nitrogens is 3. The largest absolute Gasteiger partial charge is 0.426 e. The van der Waals surface area contributed by atoms with Crippen molar-refractivity contribution in [1.29, 1.82) is 0 Å². The van der Waals surface area contributed by atoms with Gasteiger partial charge in [0.05, 0.1) is 11.4 Å². The highest BCUT2D eigenvalue weighted by Crippen LogP contribution is 2.32. The molecule has 27 heavy (non-hydrogen) atoms. The summed E-state index contributed by atoms with van der Waals surface area (Å²) in [6.45, 7) is 0.380. The van der Waals surface area contributed by atoms with Gasteiger partial charge in [0.15, 0.2) is 11.4 Å². The van der Waals surface area contributed by atoms with Crippen molar-refractivity contribution in [2.45, 2.75) is 0 Å². The van der Waals surface area contributed by atoms with Crippen LogP contribution in [0.25, 0.3) is 28.2 Å². The van der Waals surface area contributed by atoms with E-state index in [0.717, 1.165) is 5.56 Å². The summed E-state index contributed by atoms with van der Waals surface area (Å²) in [6.07, 6.45) is 1.68. The van der Waals surface area contributed by atoms with Crippen molar-refractivity contribution in [2.24, 2.45) is 0 Å². The van der Waals surface area contributed by atoms with Crippen molar-refractivity contribution in [3.63, 3.8) is 0 Å². The van der Waals surface area contributed by atoms with E-state index in [2.05, 4.69) is 15.3 Å². The van der Waals surface area contributed by atoms with Crippen LogP contribution in [0.3, 0.4) is 0 Å². The lowest BCUT2D eigenvalue weighted by molar-refractivity contribution is -0.120. The molecule has 0 spiro atoms. The van der Waals surface area contributed by atoms with Crippen molar-refractivity contribution in [3.05, 3.63) is 66.6 Å². The molecule has 0 unspecified atom stereocenters. The normalized spacial score (nSPS) is 10.7. The summed E-state index contributed by atoms with van der Waals surface area (Å²) in [5.41, 5.74) is 3.47. The Hall–Kier alpha value is -3.74. The monoisotopic (exact) mass is 362 g/mol. The number of imidazole rings is 1. The maximum Gasteiger partial charge on any atom is 0.298 e. The molecule has 2 aromatic carbocycles. The Bertz CT molecular complexity index is 1120. The van der Waals surface area contributed by atoms with Crippen molar-refractivity contribution in [1.82, 2.24) is 14.5 Å². The molecule has 0 aliphatic rings. The van der Waals surface area contributed by atoms with Crippen LogP contribution in [0.15, 0.2) is 60.8 Å². The number of carbonyl (C=O) groups excluding carboxylic acids is 1.